The van der Waals surface area contributed by atoms with Gasteiger partial charge in [-0.25, -0.2) is 8.42 Å². The second-order valence-electron chi connectivity index (χ2n) is 7.42. The minimum absolute atomic E-state index is 0.0136. The average molecular weight is 455 g/mol. The summed E-state index contributed by atoms with van der Waals surface area (Å²) < 4.78 is 38.4. The highest BCUT2D eigenvalue weighted by Crippen LogP contribution is 2.32. The van der Waals surface area contributed by atoms with Crippen molar-refractivity contribution in [3.8, 4) is 11.4 Å². The molecule has 3 heterocycles. The molecule has 0 radical (unpaired) electrons. The number of nitrogens with zero attached hydrogens (tertiary/aromatic N) is 4. The molecule has 2 aliphatic heterocycles. The molecule has 0 spiro atoms. The summed E-state index contributed by atoms with van der Waals surface area (Å²) in [5, 5.41) is 3.95. The summed E-state index contributed by atoms with van der Waals surface area (Å²) >= 11 is 6.25. The molecule has 2 aromatic rings. The molecule has 2 fully saturated rings. The van der Waals surface area contributed by atoms with Crippen LogP contribution in [0.3, 0.4) is 0 Å². The van der Waals surface area contributed by atoms with E-state index in [1.165, 1.54) is 16.4 Å². The number of sulfonamides is 1. The Bertz CT molecular complexity index is 1040. The molecule has 1 amide bonds. The number of hydrogen-bond acceptors (Lipinski definition) is 7. The Morgan fingerprint density at radius 1 is 1.23 bits per heavy atom. The minimum atomic E-state index is -3.89. The van der Waals surface area contributed by atoms with Gasteiger partial charge in [0.2, 0.25) is 27.6 Å². The molecule has 2 aliphatic rings. The van der Waals surface area contributed by atoms with Crippen LogP contribution in [0, 0.1) is 12.8 Å². The fourth-order valence-corrected chi connectivity index (χ4v) is 5.82. The van der Waals surface area contributed by atoms with Crippen LogP contribution < -0.4 is 0 Å². The van der Waals surface area contributed by atoms with E-state index < -0.39 is 10.0 Å². The molecule has 30 heavy (non-hydrogen) atoms. The number of piperidine rings is 1. The van der Waals surface area contributed by atoms with Crippen LogP contribution in [0.15, 0.2) is 27.6 Å². The van der Waals surface area contributed by atoms with E-state index in [4.69, 9.17) is 20.9 Å². The third-order valence-corrected chi connectivity index (χ3v) is 7.74. The van der Waals surface area contributed by atoms with Gasteiger partial charge in [0.1, 0.15) is 4.90 Å². The number of rotatable bonds is 4. The fraction of sp³-hybridized carbons (Fsp3) is 0.526. The summed E-state index contributed by atoms with van der Waals surface area (Å²) in [5.74, 6) is 0.290. The van der Waals surface area contributed by atoms with Crippen LogP contribution in [0.5, 0.6) is 0 Å². The summed E-state index contributed by atoms with van der Waals surface area (Å²) in [6.07, 6.45) is 1.28. The highest BCUT2D eigenvalue weighted by atomic mass is 35.5. The first-order valence-corrected chi connectivity index (χ1v) is 11.6. The molecule has 0 aliphatic carbocycles. The maximum Gasteiger partial charge on any atom is 0.244 e. The molecule has 1 aromatic heterocycles. The number of aryl methyl sites for hydroxylation is 1. The van der Waals surface area contributed by atoms with Crippen LogP contribution in [0.2, 0.25) is 5.02 Å². The third kappa shape index (κ3) is 4.22. The number of morpholine rings is 1. The van der Waals surface area contributed by atoms with Gasteiger partial charge in [-0.15, -0.1) is 0 Å². The van der Waals surface area contributed by atoms with Gasteiger partial charge in [0.05, 0.1) is 24.2 Å². The van der Waals surface area contributed by atoms with E-state index in [-0.39, 0.29) is 28.3 Å². The molecule has 1 aromatic carbocycles. The smallest absolute Gasteiger partial charge is 0.244 e. The van der Waals surface area contributed by atoms with Crippen molar-refractivity contribution >= 4 is 27.5 Å². The van der Waals surface area contributed by atoms with E-state index in [0.29, 0.717) is 63.0 Å². The van der Waals surface area contributed by atoms with Crippen molar-refractivity contribution in [2.45, 2.75) is 24.7 Å². The lowest BCUT2D eigenvalue weighted by Crippen LogP contribution is -2.49. The Balaban J connectivity index is 1.57. The maximum absolute atomic E-state index is 13.4. The topological polar surface area (TPSA) is 106 Å². The highest BCUT2D eigenvalue weighted by Gasteiger charge is 2.36. The van der Waals surface area contributed by atoms with E-state index in [9.17, 15) is 13.2 Å². The Kier molecular flexibility index (Phi) is 6.10. The van der Waals surface area contributed by atoms with Gasteiger partial charge in [-0.3, -0.25) is 4.79 Å². The summed E-state index contributed by atoms with van der Waals surface area (Å²) in [6, 6.07) is 4.61. The SMILES string of the molecule is Cc1nc(-c2ccc(Cl)c(S(=O)(=O)N3CCC[C@H](C(=O)N4CCOCC4)C3)c2)no1. The number of ether oxygens (including phenoxy) is 1. The van der Waals surface area contributed by atoms with Crippen molar-refractivity contribution in [2.75, 3.05) is 39.4 Å². The third-order valence-electron chi connectivity index (χ3n) is 5.39. The monoisotopic (exact) mass is 454 g/mol. The van der Waals surface area contributed by atoms with Crippen LogP contribution in [0.1, 0.15) is 18.7 Å². The molecule has 0 saturated carbocycles. The van der Waals surface area contributed by atoms with Crippen LogP contribution in [0.25, 0.3) is 11.4 Å². The van der Waals surface area contributed by atoms with Gasteiger partial charge in [0.15, 0.2) is 0 Å². The first-order chi connectivity index (χ1) is 14.4. The van der Waals surface area contributed by atoms with Crippen molar-refractivity contribution in [2.24, 2.45) is 5.92 Å². The molecular weight excluding hydrogens is 432 g/mol. The van der Waals surface area contributed by atoms with E-state index >= 15 is 0 Å². The van der Waals surface area contributed by atoms with Crippen LogP contribution in [-0.2, 0) is 19.6 Å². The zero-order valence-electron chi connectivity index (χ0n) is 16.6. The summed E-state index contributed by atoms with van der Waals surface area (Å²) in [4.78, 5) is 18.7. The molecule has 1 atom stereocenters. The first-order valence-electron chi connectivity index (χ1n) is 9.83. The van der Waals surface area contributed by atoms with Gasteiger partial charge < -0.3 is 14.2 Å². The lowest BCUT2D eigenvalue weighted by atomic mass is 9.98. The lowest BCUT2D eigenvalue weighted by Gasteiger charge is -2.35. The van der Waals surface area contributed by atoms with Crippen molar-refractivity contribution in [3.63, 3.8) is 0 Å². The molecule has 0 N–H and O–H groups in total. The Morgan fingerprint density at radius 3 is 2.70 bits per heavy atom. The summed E-state index contributed by atoms with van der Waals surface area (Å²) in [5.41, 5.74) is 0.493. The summed E-state index contributed by atoms with van der Waals surface area (Å²) in [7, 11) is -3.89. The van der Waals surface area contributed by atoms with Crippen molar-refractivity contribution < 1.29 is 22.5 Å². The molecular formula is C19H23ClN4O5S. The van der Waals surface area contributed by atoms with Gasteiger partial charge in [-0.05, 0) is 31.0 Å². The molecule has 2 saturated heterocycles. The number of carbonyl (C=O) groups is 1. The average Bonchev–Trinajstić information content (AvgIpc) is 3.20. The van der Waals surface area contributed by atoms with Crippen molar-refractivity contribution in [1.82, 2.24) is 19.3 Å². The van der Waals surface area contributed by atoms with E-state index in [1.807, 2.05) is 0 Å². The zero-order valence-corrected chi connectivity index (χ0v) is 18.2. The Morgan fingerprint density at radius 2 is 2.00 bits per heavy atom. The fourth-order valence-electron chi connectivity index (χ4n) is 3.80. The van der Waals surface area contributed by atoms with Gasteiger partial charge in [-0.2, -0.15) is 9.29 Å². The van der Waals surface area contributed by atoms with E-state index in [0.717, 1.165) is 0 Å². The van der Waals surface area contributed by atoms with Crippen molar-refractivity contribution in [1.29, 1.82) is 0 Å². The van der Waals surface area contributed by atoms with E-state index in [1.54, 1.807) is 17.9 Å². The number of carbonyl (C=O) groups excluding carboxylic acids is 1. The minimum Gasteiger partial charge on any atom is -0.378 e. The molecule has 0 bridgehead atoms. The maximum atomic E-state index is 13.4. The second kappa shape index (κ2) is 8.62. The normalized spacial score (nSPS) is 21.0. The van der Waals surface area contributed by atoms with Gasteiger partial charge >= 0.3 is 0 Å². The predicted molar refractivity (Wildman–Crippen MR) is 108 cm³/mol. The lowest BCUT2D eigenvalue weighted by molar-refractivity contribution is -0.140. The number of amides is 1. The van der Waals surface area contributed by atoms with Crippen molar-refractivity contribution in [3.05, 3.63) is 29.1 Å². The van der Waals surface area contributed by atoms with E-state index in [2.05, 4.69) is 10.1 Å². The molecule has 4 rings (SSSR count). The van der Waals surface area contributed by atoms with Crippen LogP contribution in [-0.4, -0.2) is 73.1 Å². The molecule has 11 heteroatoms. The standard InChI is InChI=1S/C19H23ClN4O5S/c1-13-21-18(22-29-13)14-4-5-16(20)17(11-14)30(26,27)24-6-2-3-15(12-24)19(25)23-7-9-28-10-8-23/h4-5,11,15H,2-3,6-10,12H2,1H3/t15-/m0/s1. The molecule has 0 unspecified atom stereocenters. The Labute approximate surface area is 180 Å². The number of hydrogen-bond donors (Lipinski definition) is 0. The number of aromatic nitrogens is 2. The highest BCUT2D eigenvalue weighted by molar-refractivity contribution is 7.89. The molecule has 9 nitrogen and oxygen atoms in total. The van der Waals surface area contributed by atoms with Gasteiger partial charge in [-0.1, -0.05) is 16.8 Å². The largest absolute Gasteiger partial charge is 0.378 e. The zero-order chi connectivity index (χ0) is 21.3. The quantitative estimate of drug-likeness (QED) is 0.695. The van der Waals surface area contributed by atoms with Crippen LogP contribution in [0.4, 0.5) is 0 Å². The number of benzene rings is 1. The number of halogens is 1. The van der Waals surface area contributed by atoms with Gasteiger partial charge in [0, 0.05) is 38.7 Å². The van der Waals surface area contributed by atoms with Gasteiger partial charge in [0.25, 0.3) is 0 Å². The Hall–Kier alpha value is -2.01. The predicted octanol–water partition coefficient (Wildman–Crippen LogP) is 1.96. The van der Waals surface area contributed by atoms with Crippen LogP contribution >= 0.6 is 11.6 Å². The summed E-state index contributed by atoms with van der Waals surface area (Å²) in [6.45, 7) is 4.25. The first kappa shape index (κ1) is 21.2. The second-order valence-corrected chi connectivity index (χ2v) is 9.74. The molecule has 162 valence electrons.